The van der Waals surface area contributed by atoms with Crippen molar-refractivity contribution >= 4 is 50.9 Å². The van der Waals surface area contributed by atoms with E-state index in [-0.39, 0.29) is 11.4 Å². The van der Waals surface area contributed by atoms with Crippen LogP contribution in [0, 0.1) is 19.3 Å². The number of hydrogen-bond donors (Lipinski definition) is 1. The average Bonchev–Trinajstić information content (AvgIpc) is 3.25. The quantitative estimate of drug-likeness (QED) is 0.673. The zero-order chi connectivity index (χ0) is 21.6. The number of carbonyl (C=O) groups is 1. The first kappa shape index (κ1) is 20.7. The number of thioether (sulfide) groups is 2. The van der Waals surface area contributed by atoms with Crippen molar-refractivity contribution in [2.24, 2.45) is 10.1 Å². The van der Waals surface area contributed by atoms with E-state index in [1.807, 2.05) is 26.2 Å². The highest BCUT2D eigenvalue weighted by Gasteiger charge is 2.35. The first-order valence-electron chi connectivity index (χ1n) is 9.63. The lowest BCUT2D eigenvalue weighted by Crippen LogP contribution is -2.35. The molecule has 6 nitrogen and oxygen atoms in total. The molecule has 154 valence electrons. The highest BCUT2D eigenvalue weighted by atomic mass is 32.2. The molecule has 1 aromatic heterocycles. The second kappa shape index (κ2) is 7.92. The van der Waals surface area contributed by atoms with Gasteiger partial charge in [-0.25, -0.2) is 0 Å². The second-order valence-corrected chi connectivity index (χ2v) is 9.51. The van der Waals surface area contributed by atoms with Gasteiger partial charge in [0.25, 0.3) is 5.91 Å². The van der Waals surface area contributed by atoms with Crippen LogP contribution in [0.3, 0.4) is 0 Å². The smallest absolute Gasteiger partial charge is 0.283 e. The summed E-state index contributed by atoms with van der Waals surface area (Å²) in [6, 6.07) is 10.6. The molecule has 0 aliphatic carbocycles. The Hall–Kier alpha value is -2.58. The van der Waals surface area contributed by atoms with Gasteiger partial charge in [0.05, 0.1) is 5.57 Å². The highest BCUT2D eigenvalue weighted by Crippen LogP contribution is 2.32. The maximum Gasteiger partial charge on any atom is 0.283 e. The Kier molecular flexibility index (Phi) is 5.46. The van der Waals surface area contributed by atoms with Gasteiger partial charge in [-0.15, -0.1) is 16.9 Å². The summed E-state index contributed by atoms with van der Waals surface area (Å²) < 4.78 is 2.94. The van der Waals surface area contributed by atoms with Crippen LogP contribution in [0.2, 0.25) is 0 Å². The minimum Gasteiger partial charge on any atom is -0.318 e. The molecule has 0 bridgehead atoms. The van der Waals surface area contributed by atoms with Crippen LogP contribution < -0.4 is 0 Å². The largest absolute Gasteiger partial charge is 0.318 e. The number of carbonyl (C=O) groups excluding carboxylic acids is 1. The van der Waals surface area contributed by atoms with Crippen LogP contribution in [0.5, 0.6) is 0 Å². The van der Waals surface area contributed by atoms with Crippen LogP contribution in [0.15, 0.2) is 46.0 Å². The third-order valence-corrected chi connectivity index (χ3v) is 7.08. The number of aliphatic imine (C=N–C) groups is 1. The van der Waals surface area contributed by atoms with Gasteiger partial charge in [0.2, 0.25) is 5.17 Å². The molecule has 30 heavy (non-hydrogen) atoms. The molecule has 1 amide bonds. The Bertz CT molecular complexity index is 1140. The summed E-state index contributed by atoms with van der Waals surface area (Å²) in [7, 11) is 0. The van der Waals surface area contributed by atoms with Crippen molar-refractivity contribution in [2.75, 3.05) is 6.26 Å². The maximum atomic E-state index is 12.6. The van der Waals surface area contributed by atoms with Gasteiger partial charge in [-0.3, -0.25) is 10.2 Å². The molecule has 2 aliphatic heterocycles. The lowest BCUT2D eigenvalue weighted by molar-refractivity contribution is -0.114. The average molecular weight is 438 g/mol. The molecular weight excluding hydrogens is 414 g/mol. The molecule has 2 aromatic rings. The summed E-state index contributed by atoms with van der Waals surface area (Å²) >= 11 is 2.79. The van der Waals surface area contributed by atoms with E-state index in [0.717, 1.165) is 27.0 Å². The molecule has 3 heterocycles. The number of hydrogen-bond acceptors (Lipinski definition) is 5. The Morgan fingerprint density at radius 3 is 2.53 bits per heavy atom. The number of hydrazone groups is 1. The molecule has 1 N–H and O–H groups in total. The van der Waals surface area contributed by atoms with Gasteiger partial charge < -0.3 is 4.57 Å². The van der Waals surface area contributed by atoms with Gasteiger partial charge in [0, 0.05) is 17.1 Å². The van der Waals surface area contributed by atoms with Crippen LogP contribution in [0.1, 0.15) is 42.3 Å². The van der Waals surface area contributed by atoms with E-state index < -0.39 is 5.91 Å². The fraction of sp³-hybridized carbons (Fsp3) is 0.273. The minimum absolute atomic E-state index is 0.0626. The van der Waals surface area contributed by atoms with Gasteiger partial charge in [-0.2, -0.15) is 10.0 Å². The van der Waals surface area contributed by atoms with Crippen molar-refractivity contribution in [3.63, 3.8) is 0 Å². The third-order valence-electron chi connectivity index (χ3n) is 5.20. The van der Waals surface area contributed by atoms with E-state index in [0.29, 0.717) is 11.1 Å². The summed E-state index contributed by atoms with van der Waals surface area (Å²) in [6.07, 6.45) is 3.67. The second-order valence-electron chi connectivity index (χ2n) is 7.50. The molecule has 0 atom stereocenters. The SMILES string of the molecule is CSC1=NN2C(=N)C(=Cc3cc(C)n(-c4ccc(C(C)C)cc4)c3C)C(=O)N=C2S1. The van der Waals surface area contributed by atoms with Crippen LogP contribution in [0.25, 0.3) is 11.8 Å². The molecule has 0 saturated carbocycles. The fourth-order valence-corrected chi connectivity index (χ4v) is 4.90. The molecule has 2 aliphatic rings. The summed E-state index contributed by atoms with van der Waals surface area (Å²) in [5.41, 5.74) is 5.60. The predicted octanol–water partition coefficient (Wildman–Crippen LogP) is 5.16. The van der Waals surface area contributed by atoms with E-state index >= 15 is 0 Å². The van der Waals surface area contributed by atoms with E-state index in [1.165, 1.54) is 34.1 Å². The molecular formula is C22H23N5OS2. The molecule has 0 fully saturated rings. The number of nitrogens with zero attached hydrogens (tertiary/aromatic N) is 4. The lowest BCUT2D eigenvalue weighted by atomic mass is 10.0. The number of nitrogens with one attached hydrogen (secondary N) is 1. The summed E-state index contributed by atoms with van der Waals surface area (Å²) in [6.45, 7) is 8.43. The first-order valence-corrected chi connectivity index (χ1v) is 11.7. The van der Waals surface area contributed by atoms with Crippen molar-refractivity contribution in [2.45, 2.75) is 33.6 Å². The number of amidine groups is 2. The number of aromatic nitrogens is 1. The lowest BCUT2D eigenvalue weighted by Gasteiger charge is -2.20. The topological polar surface area (TPSA) is 73.8 Å². The Morgan fingerprint density at radius 2 is 1.90 bits per heavy atom. The van der Waals surface area contributed by atoms with Crippen molar-refractivity contribution in [1.29, 1.82) is 5.41 Å². The number of benzene rings is 1. The van der Waals surface area contributed by atoms with Crippen LogP contribution in [-0.2, 0) is 4.79 Å². The fourth-order valence-electron chi connectivity index (χ4n) is 3.55. The van der Waals surface area contributed by atoms with Gasteiger partial charge in [0.15, 0.2) is 10.2 Å². The third kappa shape index (κ3) is 3.54. The number of rotatable bonds is 3. The predicted molar refractivity (Wildman–Crippen MR) is 128 cm³/mol. The van der Waals surface area contributed by atoms with E-state index in [4.69, 9.17) is 5.41 Å². The van der Waals surface area contributed by atoms with Gasteiger partial charge in [-0.05, 0) is 73.2 Å². The zero-order valence-electron chi connectivity index (χ0n) is 17.6. The first-order chi connectivity index (χ1) is 14.3. The Balaban J connectivity index is 1.72. The maximum absolute atomic E-state index is 12.6. The van der Waals surface area contributed by atoms with Crippen molar-refractivity contribution in [1.82, 2.24) is 9.58 Å². The molecule has 0 saturated heterocycles. The standard InChI is InChI=1S/C22H23N5OS2/c1-12(2)15-6-8-17(9-7-15)26-13(3)10-16(14(26)4)11-18-19(23)27-21(24-20(18)28)30-22(25-27)29-5/h6-12,23H,1-5H3. The van der Waals surface area contributed by atoms with E-state index in [2.05, 4.69) is 52.8 Å². The van der Waals surface area contributed by atoms with Crippen molar-refractivity contribution in [3.05, 3.63) is 58.4 Å². The van der Waals surface area contributed by atoms with Gasteiger partial charge in [0.1, 0.15) is 0 Å². The highest BCUT2D eigenvalue weighted by molar-refractivity contribution is 8.45. The van der Waals surface area contributed by atoms with Crippen LogP contribution in [-0.4, -0.2) is 37.1 Å². The minimum atomic E-state index is -0.401. The van der Waals surface area contributed by atoms with Crippen LogP contribution in [0.4, 0.5) is 0 Å². The Morgan fingerprint density at radius 1 is 1.20 bits per heavy atom. The summed E-state index contributed by atoms with van der Waals surface area (Å²) in [5.74, 6) is 0.146. The van der Waals surface area contributed by atoms with Gasteiger partial charge in [-0.1, -0.05) is 26.0 Å². The zero-order valence-corrected chi connectivity index (χ0v) is 19.2. The number of fused-ring (bicyclic) bond motifs is 1. The van der Waals surface area contributed by atoms with Gasteiger partial charge >= 0.3 is 0 Å². The van der Waals surface area contributed by atoms with E-state index in [9.17, 15) is 4.79 Å². The molecule has 0 spiro atoms. The molecule has 1 aromatic carbocycles. The van der Waals surface area contributed by atoms with Crippen molar-refractivity contribution in [3.8, 4) is 5.69 Å². The molecule has 0 radical (unpaired) electrons. The van der Waals surface area contributed by atoms with E-state index in [1.54, 1.807) is 6.08 Å². The summed E-state index contributed by atoms with van der Waals surface area (Å²) in [4.78, 5) is 16.8. The molecule has 8 heteroatoms. The molecule has 4 rings (SSSR count). The number of aryl methyl sites for hydroxylation is 1. The van der Waals surface area contributed by atoms with Crippen LogP contribution >= 0.6 is 23.5 Å². The Labute approximate surface area is 184 Å². The number of amides is 1. The summed E-state index contributed by atoms with van der Waals surface area (Å²) in [5, 5.41) is 14.8. The molecule has 0 unspecified atom stereocenters. The normalized spacial score (nSPS) is 17.7. The van der Waals surface area contributed by atoms with Crippen molar-refractivity contribution < 1.29 is 4.79 Å². The monoisotopic (exact) mass is 437 g/mol.